The Labute approximate surface area is 126 Å². The van der Waals surface area contributed by atoms with Crippen LogP contribution in [0.3, 0.4) is 0 Å². The number of benzene rings is 1. The van der Waals surface area contributed by atoms with Gasteiger partial charge in [-0.15, -0.1) is 0 Å². The van der Waals surface area contributed by atoms with E-state index in [1.807, 2.05) is 37.4 Å². The van der Waals surface area contributed by atoms with Crippen LogP contribution < -0.4 is 0 Å². The first kappa shape index (κ1) is 15.8. The van der Waals surface area contributed by atoms with Gasteiger partial charge in [-0.25, -0.2) is 4.79 Å². The maximum absolute atomic E-state index is 12.1. The van der Waals surface area contributed by atoms with Crippen LogP contribution in [0.25, 0.3) is 0 Å². The molecule has 116 valence electrons. The topological polar surface area (TPSA) is 53.0 Å². The van der Waals surface area contributed by atoms with Crippen LogP contribution in [-0.2, 0) is 11.3 Å². The van der Waals surface area contributed by atoms with E-state index in [0.717, 1.165) is 24.9 Å². The van der Waals surface area contributed by atoms with Crippen LogP contribution in [0.15, 0.2) is 30.3 Å². The van der Waals surface area contributed by atoms with Gasteiger partial charge >= 0.3 is 6.09 Å². The van der Waals surface area contributed by atoms with Crippen molar-refractivity contribution in [2.24, 2.45) is 0 Å². The van der Waals surface area contributed by atoms with Crippen molar-refractivity contribution in [2.75, 3.05) is 33.3 Å². The second kappa shape index (κ2) is 8.00. The lowest BCUT2D eigenvalue weighted by molar-refractivity contribution is 0.0631. The van der Waals surface area contributed by atoms with Crippen molar-refractivity contribution in [1.82, 2.24) is 9.80 Å². The molecule has 1 aromatic rings. The Morgan fingerprint density at radius 3 is 2.90 bits per heavy atom. The molecule has 0 unspecified atom stereocenters. The zero-order valence-electron chi connectivity index (χ0n) is 12.6. The van der Waals surface area contributed by atoms with Gasteiger partial charge in [0.05, 0.1) is 6.61 Å². The number of aliphatic hydroxyl groups excluding tert-OH is 1. The second-order valence-electron chi connectivity index (χ2n) is 5.49. The molecule has 0 aromatic heterocycles. The zero-order chi connectivity index (χ0) is 15.1. The molecule has 1 amide bonds. The van der Waals surface area contributed by atoms with Crippen molar-refractivity contribution in [3.63, 3.8) is 0 Å². The fourth-order valence-corrected chi connectivity index (χ4v) is 2.63. The van der Waals surface area contributed by atoms with Crippen molar-refractivity contribution in [2.45, 2.75) is 25.5 Å². The Morgan fingerprint density at radius 1 is 1.43 bits per heavy atom. The summed E-state index contributed by atoms with van der Waals surface area (Å²) in [5, 5.41) is 9.01. The number of hydrogen-bond donors (Lipinski definition) is 1. The highest BCUT2D eigenvalue weighted by atomic mass is 16.6. The number of likely N-dealkylation sites (tertiary alicyclic amines) is 1. The average molecular weight is 292 g/mol. The number of piperidine rings is 1. The normalized spacial score (nSPS) is 18.8. The van der Waals surface area contributed by atoms with E-state index in [4.69, 9.17) is 9.84 Å². The molecule has 0 saturated carbocycles. The largest absolute Gasteiger partial charge is 0.445 e. The van der Waals surface area contributed by atoms with Gasteiger partial charge in [0.25, 0.3) is 0 Å². The molecular weight excluding hydrogens is 268 g/mol. The van der Waals surface area contributed by atoms with Gasteiger partial charge in [-0.05, 0) is 25.5 Å². The SMILES string of the molecule is CN(CCO)[C@@H]1CCCN(C(=O)OCc2ccccc2)C1. The Hall–Kier alpha value is -1.59. The van der Waals surface area contributed by atoms with Gasteiger partial charge in [-0.1, -0.05) is 30.3 Å². The summed E-state index contributed by atoms with van der Waals surface area (Å²) < 4.78 is 5.37. The van der Waals surface area contributed by atoms with E-state index in [1.165, 1.54) is 0 Å². The average Bonchev–Trinajstić information content (AvgIpc) is 2.54. The molecule has 1 aromatic carbocycles. The predicted molar refractivity (Wildman–Crippen MR) is 80.9 cm³/mol. The molecule has 2 rings (SSSR count). The monoisotopic (exact) mass is 292 g/mol. The number of aliphatic hydroxyl groups is 1. The smallest absolute Gasteiger partial charge is 0.410 e. The number of hydrogen-bond acceptors (Lipinski definition) is 4. The van der Waals surface area contributed by atoms with Gasteiger partial charge in [-0.2, -0.15) is 0 Å². The molecule has 1 fully saturated rings. The summed E-state index contributed by atoms with van der Waals surface area (Å²) in [6.07, 6.45) is 1.78. The minimum atomic E-state index is -0.249. The van der Waals surface area contributed by atoms with Crippen LogP contribution >= 0.6 is 0 Å². The Balaban J connectivity index is 1.81. The summed E-state index contributed by atoms with van der Waals surface area (Å²) in [6, 6.07) is 10.0. The van der Waals surface area contributed by atoms with Crippen LogP contribution in [0, 0.1) is 0 Å². The summed E-state index contributed by atoms with van der Waals surface area (Å²) in [6.45, 7) is 2.51. The van der Waals surface area contributed by atoms with Gasteiger partial charge in [0.1, 0.15) is 6.61 Å². The van der Waals surface area contributed by atoms with Crippen LogP contribution in [0.1, 0.15) is 18.4 Å². The van der Waals surface area contributed by atoms with Crippen molar-refractivity contribution in [1.29, 1.82) is 0 Å². The minimum absolute atomic E-state index is 0.144. The lowest BCUT2D eigenvalue weighted by atomic mass is 10.1. The molecule has 1 saturated heterocycles. The van der Waals surface area contributed by atoms with E-state index in [2.05, 4.69) is 4.90 Å². The third kappa shape index (κ3) is 4.72. The van der Waals surface area contributed by atoms with Crippen LogP contribution in [-0.4, -0.2) is 60.3 Å². The fourth-order valence-electron chi connectivity index (χ4n) is 2.63. The molecule has 5 heteroatoms. The molecule has 1 aliphatic rings. The van der Waals surface area contributed by atoms with Gasteiger partial charge < -0.3 is 14.7 Å². The highest BCUT2D eigenvalue weighted by molar-refractivity contribution is 5.67. The number of likely N-dealkylation sites (N-methyl/N-ethyl adjacent to an activating group) is 1. The standard InChI is InChI=1S/C16H24N2O3/c1-17(10-11-19)15-8-5-9-18(12-15)16(20)21-13-14-6-3-2-4-7-14/h2-4,6-7,15,19H,5,8-13H2,1H3/t15-/m1/s1. The fraction of sp³-hybridized carbons (Fsp3) is 0.562. The first-order chi connectivity index (χ1) is 10.2. The van der Waals surface area contributed by atoms with Crippen LogP contribution in [0.2, 0.25) is 0 Å². The predicted octanol–water partition coefficient (Wildman–Crippen LogP) is 1.71. The molecule has 0 spiro atoms. The summed E-state index contributed by atoms with van der Waals surface area (Å²) in [7, 11) is 1.99. The number of carbonyl (C=O) groups is 1. The lowest BCUT2D eigenvalue weighted by Gasteiger charge is -2.36. The highest BCUT2D eigenvalue weighted by Gasteiger charge is 2.26. The van der Waals surface area contributed by atoms with Gasteiger partial charge in [0, 0.05) is 25.7 Å². The first-order valence-corrected chi connectivity index (χ1v) is 7.47. The minimum Gasteiger partial charge on any atom is -0.445 e. The van der Waals surface area contributed by atoms with Crippen LogP contribution in [0.4, 0.5) is 4.79 Å². The van der Waals surface area contributed by atoms with Crippen molar-refractivity contribution < 1.29 is 14.6 Å². The zero-order valence-corrected chi connectivity index (χ0v) is 12.6. The van der Waals surface area contributed by atoms with E-state index >= 15 is 0 Å². The molecule has 1 N–H and O–H groups in total. The molecule has 0 radical (unpaired) electrons. The van der Waals surface area contributed by atoms with E-state index in [-0.39, 0.29) is 12.7 Å². The number of ether oxygens (including phenoxy) is 1. The second-order valence-corrected chi connectivity index (χ2v) is 5.49. The third-order valence-corrected chi connectivity index (χ3v) is 3.94. The lowest BCUT2D eigenvalue weighted by Crippen LogP contribution is -2.49. The summed E-state index contributed by atoms with van der Waals surface area (Å²) in [5.74, 6) is 0. The summed E-state index contributed by atoms with van der Waals surface area (Å²) in [5.41, 5.74) is 0.997. The van der Waals surface area contributed by atoms with E-state index in [0.29, 0.717) is 25.7 Å². The highest BCUT2D eigenvalue weighted by Crippen LogP contribution is 2.16. The van der Waals surface area contributed by atoms with E-state index in [9.17, 15) is 4.79 Å². The van der Waals surface area contributed by atoms with E-state index < -0.39 is 0 Å². The van der Waals surface area contributed by atoms with Crippen molar-refractivity contribution in [3.8, 4) is 0 Å². The molecule has 1 aliphatic heterocycles. The number of amides is 1. The Kier molecular flexibility index (Phi) is 6.02. The molecule has 1 atom stereocenters. The molecule has 5 nitrogen and oxygen atoms in total. The number of rotatable bonds is 5. The van der Waals surface area contributed by atoms with Gasteiger partial charge in [0.15, 0.2) is 0 Å². The maximum Gasteiger partial charge on any atom is 0.410 e. The van der Waals surface area contributed by atoms with Crippen LogP contribution in [0.5, 0.6) is 0 Å². The summed E-state index contributed by atoms with van der Waals surface area (Å²) >= 11 is 0. The maximum atomic E-state index is 12.1. The molecule has 21 heavy (non-hydrogen) atoms. The molecular formula is C16H24N2O3. The quantitative estimate of drug-likeness (QED) is 0.897. The van der Waals surface area contributed by atoms with Crippen molar-refractivity contribution >= 4 is 6.09 Å². The molecule has 0 bridgehead atoms. The van der Waals surface area contributed by atoms with Gasteiger partial charge in [0.2, 0.25) is 0 Å². The van der Waals surface area contributed by atoms with E-state index in [1.54, 1.807) is 4.90 Å². The number of nitrogens with zero attached hydrogens (tertiary/aromatic N) is 2. The molecule has 1 heterocycles. The van der Waals surface area contributed by atoms with Gasteiger partial charge in [-0.3, -0.25) is 4.90 Å². The third-order valence-electron chi connectivity index (χ3n) is 3.94. The first-order valence-electron chi connectivity index (χ1n) is 7.47. The number of carbonyl (C=O) groups excluding carboxylic acids is 1. The molecule has 0 aliphatic carbocycles. The Bertz CT molecular complexity index is 438. The summed E-state index contributed by atoms with van der Waals surface area (Å²) in [4.78, 5) is 16.0. The Morgan fingerprint density at radius 2 is 2.19 bits per heavy atom. The van der Waals surface area contributed by atoms with Crippen molar-refractivity contribution in [3.05, 3.63) is 35.9 Å².